The lowest BCUT2D eigenvalue weighted by Crippen LogP contribution is -2.38. The van der Waals surface area contributed by atoms with Gasteiger partial charge < -0.3 is 5.32 Å². The van der Waals surface area contributed by atoms with Crippen LogP contribution in [0.3, 0.4) is 0 Å². The largest absolute Gasteiger partial charge is 0.347 e. The quantitative estimate of drug-likeness (QED) is 0.828. The molecular weight excluding hydrogens is 205 g/mol. The number of nitrogens with zero attached hydrogens (tertiary/aromatic N) is 2. The number of alkyl halides is 1. The zero-order chi connectivity index (χ0) is 10.8. The van der Waals surface area contributed by atoms with Gasteiger partial charge in [-0.15, -0.1) is 10.2 Å². The summed E-state index contributed by atoms with van der Waals surface area (Å²) >= 11 is 1.38. The highest BCUT2D eigenvalue weighted by Crippen LogP contribution is 2.10. The molecule has 0 aliphatic carbocycles. The Kier molecular flexibility index (Phi) is 3.15. The summed E-state index contributed by atoms with van der Waals surface area (Å²) in [6.45, 7) is 4.49. The van der Waals surface area contributed by atoms with Gasteiger partial charge in [-0.25, -0.2) is 4.39 Å². The van der Waals surface area contributed by atoms with Crippen molar-refractivity contribution in [3.05, 3.63) is 10.0 Å². The third kappa shape index (κ3) is 3.02. The molecule has 0 radical (unpaired) electrons. The van der Waals surface area contributed by atoms with Crippen LogP contribution in [0.15, 0.2) is 0 Å². The SMILES string of the molecule is Cc1nnc(CNC(=O)C(C)(C)F)s1. The van der Waals surface area contributed by atoms with E-state index in [0.717, 1.165) is 5.01 Å². The first-order valence-electron chi connectivity index (χ1n) is 4.16. The Balaban J connectivity index is 2.46. The van der Waals surface area contributed by atoms with Crippen LogP contribution in [0.1, 0.15) is 23.9 Å². The fraction of sp³-hybridized carbons (Fsp3) is 0.625. The van der Waals surface area contributed by atoms with E-state index in [1.165, 1.54) is 25.2 Å². The second kappa shape index (κ2) is 4.00. The molecule has 6 heteroatoms. The maximum atomic E-state index is 13.0. The topological polar surface area (TPSA) is 54.9 Å². The lowest BCUT2D eigenvalue weighted by atomic mass is 10.1. The molecule has 1 N–H and O–H groups in total. The molecule has 0 spiro atoms. The summed E-state index contributed by atoms with van der Waals surface area (Å²) < 4.78 is 13.0. The molecule has 0 bridgehead atoms. The van der Waals surface area contributed by atoms with Gasteiger partial charge in [-0.1, -0.05) is 11.3 Å². The van der Waals surface area contributed by atoms with Gasteiger partial charge in [0.2, 0.25) is 0 Å². The lowest BCUT2D eigenvalue weighted by molar-refractivity contribution is -0.130. The normalized spacial score (nSPS) is 11.4. The van der Waals surface area contributed by atoms with Gasteiger partial charge in [0.05, 0.1) is 6.54 Å². The Hall–Kier alpha value is -1.04. The van der Waals surface area contributed by atoms with Crippen molar-refractivity contribution in [3.63, 3.8) is 0 Å². The first-order chi connectivity index (χ1) is 6.39. The van der Waals surface area contributed by atoms with Crippen LogP contribution in [0.4, 0.5) is 4.39 Å². The maximum absolute atomic E-state index is 13.0. The molecule has 0 saturated heterocycles. The van der Waals surface area contributed by atoms with Crippen LogP contribution < -0.4 is 5.32 Å². The molecule has 1 amide bonds. The second-order valence-electron chi connectivity index (χ2n) is 3.37. The maximum Gasteiger partial charge on any atom is 0.257 e. The van der Waals surface area contributed by atoms with Crippen LogP contribution >= 0.6 is 11.3 Å². The first-order valence-corrected chi connectivity index (χ1v) is 4.97. The minimum atomic E-state index is -1.85. The minimum absolute atomic E-state index is 0.234. The van der Waals surface area contributed by atoms with Crippen molar-refractivity contribution in [1.29, 1.82) is 0 Å². The summed E-state index contributed by atoms with van der Waals surface area (Å²) in [5.41, 5.74) is -1.85. The van der Waals surface area contributed by atoms with E-state index >= 15 is 0 Å². The van der Waals surface area contributed by atoms with Crippen molar-refractivity contribution in [2.24, 2.45) is 0 Å². The summed E-state index contributed by atoms with van der Waals surface area (Å²) in [5, 5.41) is 11.5. The molecular formula is C8H12FN3OS. The summed E-state index contributed by atoms with van der Waals surface area (Å²) in [7, 11) is 0. The number of carbonyl (C=O) groups is 1. The Morgan fingerprint density at radius 1 is 1.57 bits per heavy atom. The monoisotopic (exact) mass is 217 g/mol. The number of aromatic nitrogens is 2. The third-order valence-electron chi connectivity index (χ3n) is 1.51. The number of hydrogen-bond donors (Lipinski definition) is 1. The van der Waals surface area contributed by atoms with E-state index in [1.807, 2.05) is 6.92 Å². The van der Waals surface area contributed by atoms with E-state index in [2.05, 4.69) is 15.5 Å². The minimum Gasteiger partial charge on any atom is -0.347 e. The Morgan fingerprint density at radius 3 is 2.64 bits per heavy atom. The Morgan fingerprint density at radius 2 is 2.21 bits per heavy atom. The zero-order valence-electron chi connectivity index (χ0n) is 8.30. The zero-order valence-corrected chi connectivity index (χ0v) is 9.11. The molecule has 0 aliphatic heterocycles. The molecule has 1 rings (SSSR count). The number of halogens is 1. The van der Waals surface area contributed by atoms with Crippen LogP contribution in [0.25, 0.3) is 0 Å². The smallest absolute Gasteiger partial charge is 0.257 e. The van der Waals surface area contributed by atoms with Gasteiger partial charge in [-0.3, -0.25) is 4.79 Å². The van der Waals surface area contributed by atoms with E-state index < -0.39 is 11.6 Å². The average Bonchev–Trinajstić information content (AvgIpc) is 2.45. The molecule has 0 saturated carbocycles. The number of rotatable bonds is 3. The van der Waals surface area contributed by atoms with Gasteiger partial charge in [0, 0.05) is 0 Å². The molecule has 1 heterocycles. The number of hydrogen-bond acceptors (Lipinski definition) is 4. The Labute approximate surface area is 85.5 Å². The number of amides is 1. The van der Waals surface area contributed by atoms with E-state index in [4.69, 9.17) is 0 Å². The van der Waals surface area contributed by atoms with Crippen molar-refractivity contribution >= 4 is 17.2 Å². The predicted octanol–water partition coefficient (Wildman–Crippen LogP) is 1.21. The van der Waals surface area contributed by atoms with Crippen LogP contribution in [-0.2, 0) is 11.3 Å². The fourth-order valence-corrected chi connectivity index (χ4v) is 1.42. The Bertz CT molecular complexity index is 332. The van der Waals surface area contributed by atoms with Crippen LogP contribution in [0.2, 0.25) is 0 Å². The summed E-state index contributed by atoms with van der Waals surface area (Å²) in [6, 6.07) is 0. The molecule has 0 fully saturated rings. The summed E-state index contributed by atoms with van der Waals surface area (Å²) in [6.07, 6.45) is 0. The average molecular weight is 217 g/mol. The van der Waals surface area contributed by atoms with Gasteiger partial charge in [0.25, 0.3) is 5.91 Å². The molecule has 1 aromatic rings. The molecule has 0 aliphatic rings. The predicted molar refractivity (Wildman–Crippen MR) is 51.7 cm³/mol. The number of aryl methyl sites for hydroxylation is 1. The van der Waals surface area contributed by atoms with E-state index in [0.29, 0.717) is 5.01 Å². The summed E-state index contributed by atoms with van der Waals surface area (Å²) in [4.78, 5) is 11.1. The molecule has 0 atom stereocenters. The van der Waals surface area contributed by atoms with Gasteiger partial charge >= 0.3 is 0 Å². The first kappa shape index (κ1) is 11.0. The van der Waals surface area contributed by atoms with Crippen molar-refractivity contribution < 1.29 is 9.18 Å². The highest BCUT2D eigenvalue weighted by molar-refractivity contribution is 7.11. The van der Waals surface area contributed by atoms with Gasteiger partial charge in [0.1, 0.15) is 10.0 Å². The van der Waals surface area contributed by atoms with E-state index in [9.17, 15) is 9.18 Å². The van der Waals surface area contributed by atoms with Crippen molar-refractivity contribution in [1.82, 2.24) is 15.5 Å². The summed E-state index contributed by atoms with van der Waals surface area (Å²) in [5.74, 6) is -0.634. The van der Waals surface area contributed by atoms with Crippen LogP contribution in [0, 0.1) is 6.92 Å². The van der Waals surface area contributed by atoms with Crippen LogP contribution in [0.5, 0.6) is 0 Å². The highest BCUT2D eigenvalue weighted by Gasteiger charge is 2.26. The molecule has 78 valence electrons. The molecule has 1 aromatic heterocycles. The van der Waals surface area contributed by atoms with Crippen molar-refractivity contribution in [2.45, 2.75) is 33.0 Å². The lowest BCUT2D eigenvalue weighted by Gasteiger charge is -2.12. The second-order valence-corrected chi connectivity index (χ2v) is 4.64. The molecule has 14 heavy (non-hydrogen) atoms. The molecule has 0 aromatic carbocycles. The third-order valence-corrected chi connectivity index (χ3v) is 2.35. The van der Waals surface area contributed by atoms with Crippen molar-refractivity contribution in [2.75, 3.05) is 0 Å². The van der Waals surface area contributed by atoms with Gasteiger partial charge in [-0.05, 0) is 20.8 Å². The van der Waals surface area contributed by atoms with Crippen LogP contribution in [-0.4, -0.2) is 21.8 Å². The number of nitrogens with one attached hydrogen (secondary N) is 1. The van der Waals surface area contributed by atoms with Gasteiger partial charge in [0.15, 0.2) is 5.67 Å². The van der Waals surface area contributed by atoms with E-state index in [1.54, 1.807) is 0 Å². The van der Waals surface area contributed by atoms with E-state index in [-0.39, 0.29) is 6.54 Å². The standard InChI is InChI=1S/C8H12FN3OS/c1-5-11-12-6(14-5)4-10-7(13)8(2,3)9/h4H2,1-3H3,(H,10,13). The van der Waals surface area contributed by atoms with Crippen molar-refractivity contribution in [3.8, 4) is 0 Å². The molecule has 0 unspecified atom stereocenters. The molecule has 4 nitrogen and oxygen atoms in total. The highest BCUT2D eigenvalue weighted by atomic mass is 32.1. The fourth-order valence-electron chi connectivity index (χ4n) is 0.775. The number of carbonyl (C=O) groups excluding carboxylic acids is 1. The van der Waals surface area contributed by atoms with Gasteiger partial charge in [-0.2, -0.15) is 0 Å².